The molecule has 0 aromatic heterocycles. The first kappa shape index (κ1) is 31.6. The van der Waals surface area contributed by atoms with E-state index in [0.717, 1.165) is 6.92 Å². The molecule has 2 aromatic carbocycles. The van der Waals surface area contributed by atoms with Crippen LogP contribution in [-0.2, 0) is 25.6 Å². The Bertz CT molecular complexity index is 1650. The number of Topliss-reactive ketones (excluding diaryl/α,β-unsaturated/α-hetero) is 6. The predicted molar refractivity (Wildman–Crippen MR) is 162 cm³/mol. The summed E-state index contributed by atoms with van der Waals surface area (Å²) in [5.74, 6) is -9.12. The molecule has 0 spiro atoms. The fourth-order valence-electron chi connectivity index (χ4n) is 8.76. The number of hydrogen-bond donors (Lipinski definition) is 2. The van der Waals surface area contributed by atoms with Crippen LogP contribution in [0.3, 0.4) is 0 Å². The van der Waals surface area contributed by atoms with E-state index in [2.05, 4.69) is 0 Å². The van der Waals surface area contributed by atoms with Gasteiger partial charge in [0, 0.05) is 23.3 Å². The molecule has 0 heterocycles. The molecule has 8 heteroatoms. The number of aromatic hydroxyl groups is 1. The Hall–Kier alpha value is -3.78. The van der Waals surface area contributed by atoms with E-state index in [0.29, 0.717) is 28.7 Å². The minimum absolute atomic E-state index is 0.0158. The molecule has 3 aliphatic carbocycles. The number of ketones is 6. The average molecular weight is 601 g/mol. The molecule has 0 saturated heterocycles. The molecule has 2 N–H and O–H groups in total. The number of phenols is 1. The van der Waals surface area contributed by atoms with E-state index in [1.807, 2.05) is 19.9 Å². The molecule has 3 unspecified atom stereocenters. The van der Waals surface area contributed by atoms with Crippen molar-refractivity contribution >= 4 is 34.7 Å². The van der Waals surface area contributed by atoms with E-state index in [-0.39, 0.29) is 35.9 Å². The molecule has 5 rings (SSSR count). The summed E-state index contributed by atoms with van der Waals surface area (Å²) >= 11 is 0. The smallest absolute Gasteiger partial charge is 0.190 e. The van der Waals surface area contributed by atoms with Crippen molar-refractivity contribution in [2.24, 2.45) is 40.4 Å². The summed E-state index contributed by atoms with van der Waals surface area (Å²) in [7, 11) is 0. The average Bonchev–Trinajstić information content (AvgIpc) is 2.90. The highest BCUT2D eigenvalue weighted by atomic mass is 16.3. The van der Waals surface area contributed by atoms with Gasteiger partial charge in [-0.15, -0.1) is 0 Å². The molecule has 8 nitrogen and oxygen atoms in total. The van der Waals surface area contributed by atoms with Crippen molar-refractivity contribution in [3.8, 4) is 16.9 Å². The van der Waals surface area contributed by atoms with Crippen LogP contribution >= 0.6 is 0 Å². The lowest BCUT2D eigenvalue weighted by molar-refractivity contribution is -0.205. The van der Waals surface area contributed by atoms with Crippen LogP contribution in [0.15, 0.2) is 36.4 Å². The maximum absolute atomic E-state index is 14.4. The summed E-state index contributed by atoms with van der Waals surface area (Å²) in [6, 6.07) is 10.1. The van der Waals surface area contributed by atoms with Gasteiger partial charge in [-0.1, -0.05) is 65.8 Å². The van der Waals surface area contributed by atoms with Gasteiger partial charge in [0.05, 0.1) is 11.5 Å². The molecule has 2 fully saturated rings. The Balaban J connectivity index is 1.69. The van der Waals surface area contributed by atoms with Gasteiger partial charge in [-0.25, -0.2) is 0 Å². The number of fused-ring (bicyclic) bond motifs is 3. The lowest BCUT2D eigenvalue weighted by Gasteiger charge is -2.61. The van der Waals surface area contributed by atoms with Crippen LogP contribution < -0.4 is 0 Å². The first-order chi connectivity index (χ1) is 20.4. The predicted octanol–water partition coefficient (Wildman–Crippen LogP) is 4.99. The zero-order valence-corrected chi connectivity index (χ0v) is 26.3. The zero-order chi connectivity index (χ0) is 32.7. The summed E-state index contributed by atoms with van der Waals surface area (Å²) < 4.78 is 0. The molecular weight excluding hydrogens is 560 g/mol. The monoisotopic (exact) mass is 600 g/mol. The second kappa shape index (κ2) is 10.4. The summed E-state index contributed by atoms with van der Waals surface area (Å²) in [6.07, 6.45) is 0.482. The highest BCUT2D eigenvalue weighted by Crippen LogP contribution is 2.64. The SMILES string of the molecule is CC(=O)C1C(=O)C(C(C)C)[C@@]2(C)C[C@@]3(C)Cc4c(-c5cccc(C(=O)CC(C)C)c5)ccc(O)c4C(=O)C3C(=O)[C@@]2(O)C1=O. The third kappa shape index (κ3) is 4.28. The van der Waals surface area contributed by atoms with Gasteiger partial charge in [0.2, 0.25) is 0 Å². The van der Waals surface area contributed by atoms with E-state index in [1.54, 1.807) is 52.0 Å². The van der Waals surface area contributed by atoms with Gasteiger partial charge in [-0.3, -0.25) is 28.8 Å². The number of rotatable bonds is 6. The highest BCUT2D eigenvalue weighted by Gasteiger charge is 2.76. The third-order valence-corrected chi connectivity index (χ3v) is 10.4. The number of carbonyl (C=O) groups is 6. The zero-order valence-electron chi connectivity index (χ0n) is 26.3. The summed E-state index contributed by atoms with van der Waals surface area (Å²) in [5.41, 5.74) is -3.20. The minimum Gasteiger partial charge on any atom is -0.507 e. The molecule has 2 aromatic rings. The minimum atomic E-state index is -2.73. The van der Waals surface area contributed by atoms with E-state index in [1.165, 1.54) is 6.07 Å². The van der Waals surface area contributed by atoms with Crippen molar-refractivity contribution < 1.29 is 39.0 Å². The molecular formula is C36H40O8. The van der Waals surface area contributed by atoms with Crippen LogP contribution in [0.4, 0.5) is 0 Å². The van der Waals surface area contributed by atoms with Gasteiger partial charge in [-0.05, 0) is 65.8 Å². The van der Waals surface area contributed by atoms with E-state index < -0.39 is 69.0 Å². The van der Waals surface area contributed by atoms with Crippen molar-refractivity contribution in [3.63, 3.8) is 0 Å². The normalized spacial score (nSPS) is 31.5. The second-order valence-corrected chi connectivity index (χ2v) is 14.4. The maximum atomic E-state index is 14.4. The first-order valence-corrected chi connectivity index (χ1v) is 15.3. The Morgan fingerprint density at radius 2 is 1.64 bits per heavy atom. The van der Waals surface area contributed by atoms with Gasteiger partial charge in [0.1, 0.15) is 17.5 Å². The second-order valence-electron chi connectivity index (χ2n) is 14.4. The molecule has 0 aliphatic heterocycles. The van der Waals surface area contributed by atoms with Crippen molar-refractivity contribution in [2.45, 2.75) is 73.3 Å². The fraction of sp³-hybridized carbons (Fsp3) is 0.500. The maximum Gasteiger partial charge on any atom is 0.190 e. The molecule has 2 saturated carbocycles. The number of phenolic OH excluding ortho intramolecular Hbond substituents is 1. The molecule has 44 heavy (non-hydrogen) atoms. The van der Waals surface area contributed by atoms with Crippen LogP contribution in [0, 0.1) is 40.4 Å². The van der Waals surface area contributed by atoms with Crippen LogP contribution in [0.5, 0.6) is 5.75 Å². The van der Waals surface area contributed by atoms with Crippen molar-refractivity contribution in [1.29, 1.82) is 0 Å². The van der Waals surface area contributed by atoms with Crippen LogP contribution in [-0.4, -0.2) is 50.5 Å². The first-order valence-electron chi connectivity index (χ1n) is 15.3. The van der Waals surface area contributed by atoms with Gasteiger partial charge in [-0.2, -0.15) is 0 Å². The summed E-state index contributed by atoms with van der Waals surface area (Å²) in [4.78, 5) is 81.7. The highest BCUT2D eigenvalue weighted by molar-refractivity contribution is 6.32. The topological polar surface area (TPSA) is 143 Å². The van der Waals surface area contributed by atoms with Gasteiger partial charge in [0.25, 0.3) is 0 Å². The molecule has 3 aliphatic rings. The lowest BCUT2D eigenvalue weighted by Crippen LogP contribution is -2.76. The van der Waals surface area contributed by atoms with Crippen molar-refractivity contribution in [3.05, 3.63) is 53.1 Å². The number of benzene rings is 2. The molecule has 0 amide bonds. The molecule has 0 radical (unpaired) electrons. The Morgan fingerprint density at radius 1 is 0.977 bits per heavy atom. The summed E-state index contributed by atoms with van der Waals surface area (Å²) in [6.45, 7) is 11.8. The molecule has 0 bridgehead atoms. The Morgan fingerprint density at radius 3 is 2.23 bits per heavy atom. The van der Waals surface area contributed by atoms with E-state index >= 15 is 0 Å². The Labute approximate surface area is 257 Å². The number of carbonyl (C=O) groups excluding carboxylic acids is 6. The van der Waals surface area contributed by atoms with Crippen LogP contribution in [0.1, 0.15) is 87.6 Å². The Kier molecular flexibility index (Phi) is 7.48. The van der Waals surface area contributed by atoms with Crippen LogP contribution in [0.25, 0.3) is 11.1 Å². The van der Waals surface area contributed by atoms with Crippen LogP contribution in [0.2, 0.25) is 0 Å². The third-order valence-electron chi connectivity index (χ3n) is 10.4. The summed E-state index contributed by atoms with van der Waals surface area (Å²) in [5, 5.41) is 23.1. The lowest BCUT2D eigenvalue weighted by atomic mass is 9.40. The number of aliphatic hydroxyl groups is 1. The molecule has 6 atom stereocenters. The van der Waals surface area contributed by atoms with Gasteiger partial charge < -0.3 is 10.2 Å². The van der Waals surface area contributed by atoms with Crippen molar-refractivity contribution in [1.82, 2.24) is 0 Å². The van der Waals surface area contributed by atoms with Gasteiger partial charge >= 0.3 is 0 Å². The molecule has 232 valence electrons. The van der Waals surface area contributed by atoms with E-state index in [9.17, 15) is 39.0 Å². The fourth-order valence-corrected chi connectivity index (χ4v) is 8.76. The van der Waals surface area contributed by atoms with Crippen molar-refractivity contribution in [2.75, 3.05) is 0 Å². The van der Waals surface area contributed by atoms with E-state index in [4.69, 9.17) is 0 Å². The van der Waals surface area contributed by atoms with Gasteiger partial charge in [0.15, 0.2) is 34.5 Å². The number of hydrogen-bond acceptors (Lipinski definition) is 8. The quantitative estimate of drug-likeness (QED) is 0.349. The standard InChI is InChI=1S/C36H40O8/c1-17(2)13-25(39)21-10-8-9-20(14-21)22-11-12-24(38)27-23(22)15-34(6)16-35(7)28(18(3)4)30(40)26(19(5)37)32(42)36(35,44)33(43)29(34)31(27)41/h8-12,14,17-18,26,28-29,38,44H,13,15-16H2,1-7H3/t26?,28?,29?,34-,35-,36+/m1/s1. The largest absolute Gasteiger partial charge is 0.507 e.